The average Bonchev–Trinajstić information content (AvgIpc) is 2.28. The number of nitrogens with one attached hydrogen (secondary N) is 1. The Labute approximate surface area is 116 Å². The first-order valence-electron chi connectivity index (χ1n) is 6.59. The molecule has 0 bridgehead atoms. The Hall–Kier alpha value is -1.43. The Morgan fingerprint density at radius 2 is 1.65 bits per heavy atom. The van der Waals surface area contributed by atoms with Crippen LogP contribution >= 0.6 is 0 Å². The van der Waals surface area contributed by atoms with Crippen LogP contribution < -0.4 is 10.1 Å². The molecule has 1 aromatic rings. The highest BCUT2D eigenvalue weighted by Crippen LogP contribution is 2.26. The van der Waals surface area contributed by atoms with E-state index in [0.29, 0.717) is 0 Å². The summed E-state index contributed by atoms with van der Waals surface area (Å²) in [4.78, 5) is 0. The van der Waals surface area contributed by atoms with Crippen molar-refractivity contribution in [1.82, 2.24) is 0 Å². The van der Waals surface area contributed by atoms with Gasteiger partial charge in [0.05, 0.1) is 12.2 Å². The molecule has 0 radical (unpaired) electrons. The van der Waals surface area contributed by atoms with E-state index in [0.717, 1.165) is 18.5 Å². The maximum atomic E-state index is 12.0. The zero-order valence-corrected chi connectivity index (χ0v) is 11.4. The number of benzene rings is 1. The van der Waals surface area contributed by atoms with Gasteiger partial charge >= 0.3 is 6.36 Å². The Bertz CT molecular complexity index is 423. The van der Waals surface area contributed by atoms with E-state index in [1.54, 1.807) is 12.1 Å². The van der Waals surface area contributed by atoms with Crippen LogP contribution in [0.15, 0.2) is 24.3 Å². The standard InChI is InChI=1S/C14H18F3NO2/c1-9-7-12(8-10(2)19-9)18-11-3-5-13(6-4-11)20-14(15,16)17/h3-6,9-10,12,18H,7-8H2,1-2H3. The second kappa shape index (κ2) is 5.91. The van der Waals surface area contributed by atoms with E-state index in [4.69, 9.17) is 4.74 Å². The fraction of sp³-hybridized carbons (Fsp3) is 0.571. The van der Waals surface area contributed by atoms with Crippen LogP contribution in [-0.4, -0.2) is 24.6 Å². The van der Waals surface area contributed by atoms with Gasteiger partial charge in [-0.1, -0.05) is 0 Å². The molecule has 0 amide bonds. The summed E-state index contributed by atoms with van der Waals surface area (Å²) in [6, 6.07) is 6.06. The quantitative estimate of drug-likeness (QED) is 0.914. The summed E-state index contributed by atoms with van der Waals surface area (Å²) >= 11 is 0. The first-order chi connectivity index (χ1) is 9.32. The molecular weight excluding hydrogens is 271 g/mol. The minimum Gasteiger partial charge on any atom is -0.406 e. The molecule has 1 aliphatic rings. The van der Waals surface area contributed by atoms with Crippen molar-refractivity contribution in [3.8, 4) is 5.75 Å². The number of hydrogen-bond acceptors (Lipinski definition) is 3. The van der Waals surface area contributed by atoms with Gasteiger partial charge in [-0.2, -0.15) is 0 Å². The van der Waals surface area contributed by atoms with Crippen molar-refractivity contribution < 1.29 is 22.6 Å². The molecule has 2 unspecified atom stereocenters. The second-order valence-electron chi connectivity index (χ2n) is 5.14. The largest absolute Gasteiger partial charge is 0.573 e. The Morgan fingerprint density at radius 3 is 2.15 bits per heavy atom. The van der Waals surface area contributed by atoms with Crippen LogP contribution in [0.1, 0.15) is 26.7 Å². The van der Waals surface area contributed by atoms with Crippen LogP contribution in [0.3, 0.4) is 0 Å². The van der Waals surface area contributed by atoms with Gasteiger partial charge in [0.25, 0.3) is 0 Å². The fourth-order valence-electron chi connectivity index (χ4n) is 2.51. The van der Waals surface area contributed by atoms with Crippen molar-refractivity contribution in [3.05, 3.63) is 24.3 Å². The summed E-state index contributed by atoms with van der Waals surface area (Å²) in [5, 5.41) is 3.31. The molecule has 2 atom stereocenters. The van der Waals surface area contributed by atoms with Crippen LogP contribution in [0.4, 0.5) is 18.9 Å². The van der Waals surface area contributed by atoms with Gasteiger partial charge in [0.2, 0.25) is 0 Å². The highest BCUT2D eigenvalue weighted by atomic mass is 19.4. The summed E-state index contributed by atoms with van der Waals surface area (Å²) in [6.45, 7) is 4.04. The molecule has 6 heteroatoms. The number of anilines is 1. The van der Waals surface area contributed by atoms with E-state index >= 15 is 0 Å². The predicted molar refractivity (Wildman–Crippen MR) is 69.8 cm³/mol. The maximum Gasteiger partial charge on any atom is 0.573 e. The molecule has 1 fully saturated rings. The third-order valence-electron chi connectivity index (χ3n) is 3.16. The summed E-state index contributed by atoms with van der Waals surface area (Å²) in [5.74, 6) is -0.211. The number of rotatable bonds is 3. The zero-order chi connectivity index (χ0) is 14.8. The third kappa shape index (κ3) is 4.59. The normalized spacial score (nSPS) is 27.1. The van der Waals surface area contributed by atoms with Crippen molar-refractivity contribution in [2.45, 2.75) is 51.3 Å². The first kappa shape index (κ1) is 15.0. The summed E-state index contributed by atoms with van der Waals surface area (Å²) in [5.41, 5.74) is 0.783. The molecule has 2 rings (SSSR count). The number of hydrogen-bond donors (Lipinski definition) is 1. The zero-order valence-electron chi connectivity index (χ0n) is 11.4. The molecule has 0 aliphatic carbocycles. The topological polar surface area (TPSA) is 30.5 Å². The van der Waals surface area contributed by atoms with Crippen molar-refractivity contribution in [2.24, 2.45) is 0 Å². The average molecular weight is 289 g/mol. The minimum absolute atomic E-state index is 0.184. The molecule has 3 nitrogen and oxygen atoms in total. The monoisotopic (exact) mass is 289 g/mol. The highest BCUT2D eigenvalue weighted by Gasteiger charge is 2.31. The molecule has 112 valence electrons. The van der Waals surface area contributed by atoms with E-state index in [2.05, 4.69) is 10.1 Å². The Kier molecular flexibility index (Phi) is 4.42. The van der Waals surface area contributed by atoms with Gasteiger partial charge in [-0.3, -0.25) is 0 Å². The molecular formula is C14H18F3NO2. The van der Waals surface area contributed by atoms with Crippen LogP contribution in [-0.2, 0) is 4.74 Å². The van der Waals surface area contributed by atoms with E-state index < -0.39 is 6.36 Å². The van der Waals surface area contributed by atoms with Gasteiger partial charge in [0.1, 0.15) is 5.75 Å². The molecule has 0 aromatic heterocycles. The summed E-state index contributed by atoms with van der Waals surface area (Å²) in [6.07, 6.45) is -2.52. The number of ether oxygens (including phenoxy) is 2. The fourth-order valence-corrected chi connectivity index (χ4v) is 2.51. The van der Waals surface area contributed by atoms with Crippen LogP contribution in [0.25, 0.3) is 0 Å². The molecule has 0 saturated carbocycles. The first-order valence-corrected chi connectivity index (χ1v) is 6.59. The highest BCUT2D eigenvalue weighted by molar-refractivity contribution is 5.47. The minimum atomic E-state index is -4.65. The number of alkyl halides is 3. The molecule has 20 heavy (non-hydrogen) atoms. The van der Waals surface area contributed by atoms with E-state index in [9.17, 15) is 13.2 Å². The molecule has 1 aliphatic heterocycles. The van der Waals surface area contributed by atoms with Gasteiger partial charge in [-0.15, -0.1) is 13.2 Å². The number of halogens is 3. The SMILES string of the molecule is CC1CC(Nc2ccc(OC(F)(F)F)cc2)CC(C)O1. The van der Waals surface area contributed by atoms with Crippen molar-refractivity contribution >= 4 is 5.69 Å². The lowest BCUT2D eigenvalue weighted by Gasteiger charge is -2.33. The van der Waals surface area contributed by atoms with Crippen molar-refractivity contribution in [2.75, 3.05) is 5.32 Å². The van der Waals surface area contributed by atoms with Crippen molar-refractivity contribution in [3.63, 3.8) is 0 Å². The van der Waals surface area contributed by atoms with E-state index in [1.165, 1.54) is 12.1 Å². The summed E-state index contributed by atoms with van der Waals surface area (Å²) < 4.78 is 45.6. The third-order valence-corrected chi connectivity index (χ3v) is 3.16. The van der Waals surface area contributed by atoms with Crippen LogP contribution in [0, 0.1) is 0 Å². The summed E-state index contributed by atoms with van der Waals surface area (Å²) in [7, 11) is 0. The van der Waals surface area contributed by atoms with Gasteiger partial charge in [-0.05, 0) is 51.0 Å². The Morgan fingerprint density at radius 1 is 1.10 bits per heavy atom. The van der Waals surface area contributed by atoms with Gasteiger partial charge in [0, 0.05) is 11.7 Å². The molecule has 0 spiro atoms. The maximum absolute atomic E-state index is 12.0. The molecule has 1 heterocycles. The van der Waals surface area contributed by atoms with Crippen molar-refractivity contribution in [1.29, 1.82) is 0 Å². The van der Waals surface area contributed by atoms with Crippen LogP contribution in [0.5, 0.6) is 5.75 Å². The van der Waals surface area contributed by atoms with E-state index in [-0.39, 0.29) is 24.0 Å². The Balaban J connectivity index is 1.93. The lowest BCUT2D eigenvalue weighted by Crippen LogP contribution is -2.36. The van der Waals surface area contributed by atoms with Crippen LogP contribution in [0.2, 0.25) is 0 Å². The van der Waals surface area contributed by atoms with Gasteiger partial charge in [-0.25, -0.2) is 0 Å². The van der Waals surface area contributed by atoms with Gasteiger partial charge in [0.15, 0.2) is 0 Å². The molecule has 1 N–H and O–H groups in total. The second-order valence-corrected chi connectivity index (χ2v) is 5.14. The van der Waals surface area contributed by atoms with E-state index in [1.807, 2.05) is 13.8 Å². The lowest BCUT2D eigenvalue weighted by molar-refractivity contribution is -0.274. The smallest absolute Gasteiger partial charge is 0.406 e. The van der Waals surface area contributed by atoms with Gasteiger partial charge < -0.3 is 14.8 Å². The predicted octanol–water partition coefficient (Wildman–Crippen LogP) is 3.95. The molecule has 1 saturated heterocycles. The molecule has 1 aromatic carbocycles. The lowest BCUT2D eigenvalue weighted by atomic mass is 9.99.